The molecule has 0 saturated carbocycles. The van der Waals surface area contributed by atoms with E-state index in [0.29, 0.717) is 29.9 Å². The summed E-state index contributed by atoms with van der Waals surface area (Å²) >= 11 is 3.42. The first-order valence-corrected chi connectivity index (χ1v) is 7.76. The van der Waals surface area contributed by atoms with Gasteiger partial charge in [-0.05, 0) is 32.2 Å². The van der Waals surface area contributed by atoms with E-state index >= 15 is 0 Å². The molecule has 0 bridgehead atoms. The second-order valence-corrected chi connectivity index (χ2v) is 6.00. The highest BCUT2D eigenvalue weighted by molar-refractivity contribution is 9.10. The standard InChI is InChI=1S/C15H16BrN5O.ClH/c1-9(17-2)7-14-18-15(22-21-14)13-8-12(19-20-13)10-3-5-11(16)6-4-10;/h3-6,8-9,17H,7H2,1-2H3,(H,19,20);1H. The van der Waals surface area contributed by atoms with Crippen molar-refractivity contribution in [3.8, 4) is 22.8 Å². The Morgan fingerprint density at radius 1 is 1.30 bits per heavy atom. The number of rotatable bonds is 5. The van der Waals surface area contributed by atoms with E-state index in [1.54, 1.807) is 0 Å². The van der Waals surface area contributed by atoms with E-state index in [9.17, 15) is 0 Å². The van der Waals surface area contributed by atoms with E-state index in [0.717, 1.165) is 15.7 Å². The molecule has 0 aliphatic heterocycles. The van der Waals surface area contributed by atoms with Crippen molar-refractivity contribution in [2.24, 2.45) is 0 Å². The first kappa shape index (κ1) is 17.7. The van der Waals surface area contributed by atoms with E-state index in [-0.39, 0.29) is 12.4 Å². The fourth-order valence-electron chi connectivity index (χ4n) is 2.02. The fourth-order valence-corrected chi connectivity index (χ4v) is 2.29. The van der Waals surface area contributed by atoms with Gasteiger partial charge in [0.15, 0.2) is 5.82 Å². The molecule has 1 aromatic carbocycles. The predicted octanol–water partition coefficient (Wildman–Crippen LogP) is 3.46. The number of halogens is 2. The van der Waals surface area contributed by atoms with Crippen molar-refractivity contribution in [3.05, 3.63) is 40.6 Å². The molecule has 23 heavy (non-hydrogen) atoms. The normalized spacial score (nSPS) is 12.0. The Morgan fingerprint density at radius 2 is 2.04 bits per heavy atom. The van der Waals surface area contributed by atoms with Gasteiger partial charge in [-0.2, -0.15) is 10.1 Å². The lowest BCUT2D eigenvalue weighted by Gasteiger charge is -2.04. The Balaban J connectivity index is 0.00000192. The number of hydrogen-bond donors (Lipinski definition) is 2. The zero-order chi connectivity index (χ0) is 15.5. The molecular weight excluding hydrogens is 382 g/mol. The molecule has 122 valence electrons. The van der Waals surface area contributed by atoms with Gasteiger partial charge in [0.25, 0.3) is 5.89 Å². The Labute approximate surface area is 148 Å². The Bertz CT molecular complexity index is 755. The molecule has 0 amide bonds. The highest BCUT2D eigenvalue weighted by atomic mass is 79.9. The third-order valence-corrected chi connectivity index (χ3v) is 3.93. The topological polar surface area (TPSA) is 79.6 Å². The first-order valence-electron chi connectivity index (χ1n) is 6.97. The van der Waals surface area contributed by atoms with Crippen molar-refractivity contribution in [1.82, 2.24) is 25.7 Å². The number of nitrogens with zero attached hydrogens (tertiary/aromatic N) is 3. The van der Waals surface area contributed by atoms with Gasteiger partial charge in [-0.1, -0.05) is 33.2 Å². The van der Waals surface area contributed by atoms with E-state index in [2.05, 4.69) is 48.5 Å². The van der Waals surface area contributed by atoms with Gasteiger partial charge in [0, 0.05) is 22.5 Å². The maximum atomic E-state index is 5.30. The lowest BCUT2D eigenvalue weighted by Crippen LogP contribution is -2.24. The van der Waals surface area contributed by atoms with Crippen LogP contribution in [0.2, 0.25) is 0 Å². The van der Waals surface area contributed by atoms with Crippen LogP contribution in [0.15, 0.2) is 39.3 Å². The van der Waals surface area contributed by atoms with Crippen molar-refractivity contribution in [3.63, 3.8) is 0 Å². The molecule has 0 fully saturated rings. The van der Waals surface area contributed by atoms with Gasteiger partial charge in [0.05, 0.1) is 5.69 Å². The highest BCUT2D eigenvalue weighted by Crippen LogP contribution is 2.24. The SMILES string of the molecule is CNC(C)Cc1noc(-c2cc(-c3ccc(Br)cc3)n[nH]2)n1.Cl. The van der Waals surface area contributed by atoms with Crippen LogP contribution in [-0.2, 0) is 6.42 Å². The van der Waals surface area contributed by atoms with E-state index in [4.69, 9.17) is 4.52 Å². The van der Waals surface area contributed by atoms with Crippen LogP contribution in [0.25, 0.3) is 22.8 Å². The predicted molar refractivity (Wildman–Crippen MR) is 94.5 cm³/mol. The molecule has 2 heterocycles. The Kier molecular flexibility index (Phi) is 5.92. The zero-order valence-electron chi connectivity index (χ0n) is 12.7. The van der Waals surface area contributed by atoms with Crippen molar-refractivity contribution in [2.75, 3.05) is 7.05 Å². The minimum atomic E-state index is 0. The largest absolute Gasteiger partial charge is 0.332 e. The number of benzene rings is 1. The fraction of sp³-hybridized carbons (Fsp3) is 0.267. The number of aromatic nitrogens is 4. The lowest BCUT2D eigenvalue weighted by molar-refractivity contribution is 0.417. The summed E-state index contributed by atoms with van der Waals surface area (Å²) in [6.45, 7) is 2.07. The number of likely N-dealkylation sites (N-methyl/N-ethyl adjacent to an activating group) is 1. The van der Waals surface area contributed by atoms with Crippen LogP contribution in [0.4, 0.5) is 0 Å². The third-order valence-electron chi connectivity index (χ3n) is 3.40. The van der Waals surface area contributed by atoms with Crippen molar-refractivity contribution >= 4 is 28.3 Å². The molecule has 0 radical (unpaired) electrons. The van der Waals surface area contributed by atoms with Crippen molar-refractivity contribution in [1.29, 1.82) is 0 Å². The molecule has 0 aliphatic rings. The summed E-state index contributed by atoms with van der Waals surface area (Å²) in [4.78, 5) is 4.39. The van der Waals surface area contributed by atoms with Gasteiger partial charge in [0.1, 0.15) is 5.69 Å². The van der Waals surface area contributed by atoms with Crippen molar-refractivity contribution in [2.45, 2.75) is 19.4 Å². The molecule has 0 aliphatic carbocycles. The zero-order valence-corrected chi connectivity index (χ0v) is 15.1. The van der Waals surface area contributed by atoms with Gasteiger partial charge in [-0.3, -0.25) is 5.10 Å². The molecular formula is C15H17BrClN5O. The van der Waals surface area contributed by atoms with E-state index < -0.39 is 0 Å². The van der Waals surface area contributed by atoms with Crippen LogP contribution in [-0.4, -0.2) is 33.4 Å². The summed E-state index contributed by atoms with van der Waals surface area (Å²) in [5, 5.41) is 14.4. The average molecular weight is 399 g/mol. The number of nitrogens with one attached hydrogen (secondary N) is 2. The summed E-state index contributed by atoms with van der Waals surface area (Å²) in [5.74, 6) is 1.13. The molecule has 0 spiro atoms. The molecule has 6 nitrogen and oxygen atoms in total. The van der Waals surface area contributed by atoms with E-state index in [1.807, 2.05) is 37.4 Å². The monoisotopic (exact) mass is 397 g/mol. The van der Waals surface area contributed by atoms with E-state index in [1.165, 1.54) is 0 Å². The second-order valence-electron chi connectivity index (χ2n) is 5.08. The summed E-state index contributed by atoms with van der Waals surface area (Å²) in [6.07, 6.45) is 0.716. The van der Waals surface area contributed by atoms with Crippen LogP contribution in [0.5, 0.6) is 0 Å². The average Bonchev–Trinajstić information content (AvgIpc) is 3.17. The molecule has 2 aromatic heterocycles. The summed E-state index contributed by atoms with van der Waals surface area (Å²) < 4.78 is 6.33. The van der Waals surface area contributed by atoms with Gasteiger partial charge in [0.2, 0.25) is 0 Å². The van der Waals surface area contributed by atoms with Crippen molar-refractivity contribution < 1.29 is 4.52 Å². The van der Waals surface area contributed by atoms with Crippen LogP contribution >= 0.6 is 28.3 Å². The minimum Gasteiger partial charge on any atom is -0.332 e. The lowest BCUT2D eigenvalue weighted by atomic mass is 10.1. The molecule has 1 unspecified atom stereocenters. The van der Waals surface area contributed by atoms with Crippen LogP contribution < -0.4 is 5.32 Å². The van der Waals surface area contributed by atoms with Gasteiger partial charge in [-0.25, -0.2) is 0 Å². The maximum absolute atomic E-state index is 5.30. The molecule has 1 atom stereocenters. The number of H-pyrrole nitrogens is 1. The van der Waals surface area contributed by atoms with Gasteiger partial charge in [-0.15, -0.1) is 12.4 Å². The molecule has 2 N–H and O–H groups in total. The van der Waals surface area contributed by atoms with Gasteiger partial charge < -0.3 is 9.84 Å². The van der Waals surface area contributed by atoms with Crippen LogP contribution in [0.1, 0.15) is 12.7 Å². The summed E-state index contributed by atoms with van der Waals surface area (Å²) in [5.41, 5.74) is 2.58. The van der Waals surface area contributed by atoms with Crippen LogP contribution in [0, 0.1) is 0 Å². The minimum absolute atomic E-state index is 0. The second kappa shape index (κ2) is 7.72. The number of aromatic amines is 1. The Hall–Kier alpha value is -1.70. The number of hydrogen-bond acceptors (Lipinski definition) is 5. The quantitative estimate of drug-likeness (QED) is 0.688. The van der Waals surface area contributed by atoms with Gasteiger partial charge >= 0.3 is 0 Å². The smallest absolute Gasteiger partial charge is 0.275 e. The maximum Gasteiger partial charge on any atom is 0.275 e. The van der Waals surface area contributed by atoms with Crippen LogP contribution in [0.3, 0.4) is 0 Å². The molecule has 3 aromatic rings. The molecule has 0 saturated heterocycles. The highest BCUT2D eigenvalue weighted by Gasteiger charge is 2.14. The molecule has 8 heteroatoms. The molecule has 3 rings (SSSR count). The first-order chi connectivity index (χ1) is 10.7. The third kappa shape index (κ3) is 4.19. The summed E-state index contributed by atoms with van der Waals surface area (Å²) in [7, 11) is 1.91. The Morgan fingerprint density at radius 3 is 2.74 bits per heavy atom. The summed E-state index contributed by atoms with van der Waals surface area (Å²) in [6, 6.07) is 10.2.